The van der Waals surface area contributed by atoms with E-state index in [2.05, 4.69) is 269 Å². The molecule has 12 rings (SSSR count). The average Bonchev–Trinajstić information content (AvgIpc) is 3.71. The quantitative estimate of drug-likeness (QED) is 0.159. The summed E-state index contributed by atoms with van der Waals surface area (Å²) in [5, 5.41) is 2.55. The number of rotatable bonds is 5. The van der Waals surface area contributed by atoms with Gasteiger partial charge in [0.25, 0.3) is 6.71 Å². The number of aryl methyl sites for hydroxylation is 7. The van der Waals surface area contributed by atoms with Crippen molar-refractivity contribution in [3.05, 3.63) is 213 Å². The highest BCUT2D eigenvalue weighted by Gasteiger charge is 2.46. The standard InChI is InChI=1S/C70H68BN3/c1-41-22-15-16-27-52(41)54-30-21-29-53(48(54)8)49-34-46(6)68(47(7)35-49)73-60-33-32-50(69(9,10)11)36-57(60)71-58-39-56-55-28-17-18-31-59(55)72(66-42(2)23-19-24-43(66)3)61(56)40-62(58)74(67-44(4)25-20-26-45(67)5)64-38-51(70(12,13)14)37-63(73)65(64)71/h15-40H,1-14H3. The molecule has 2 aliphatic heterocycles. The maximum atomic E-state index is 2.67. The average molecular weight is 962 g/mol. The van der Waals surface area contributed by atoms with Gasteiger partial charge >= 0.3 is 0 Å². The normalized spacial score (nSPS) is 13.2. The predicted molar refractivity (Wildman–Crippen MR) is 321 cm³/mol. The van der Waals surface area contributed by atoms with Crippen molar-refractivity contribution in [2.24, 2.45) is 0 Å². The summed E-state index contributed by atoms with van der Waals surface area (Å²) in [6.07, 6.45) is 0. The van der Waals surface area contributed by atoms with Crippen LogP contribution in [0.25, 0.3) is 49.7 Å². The van der Waals surface area contributed by atoms with Gasteiger partial charge in [-0.05, 0) is 203 Å². The van der Waals surface area contributed by atoms with E-state index in [0.717, 1.165) is 0 Å². The molecule has 1 aromatic heterocycles. The number of aromatic nitrogens is 1. The minimum atomic E-state index is -0.151. The van der Waals surface area contributed by atoms with Gasteiger partial charge in [0.1, 0.15) is 0 Å². The fourth-order valence-electron chi connectivity index (χ4n) is 13.0. The number of anilines is 6. The molecule has 0 aliphatic carbocycles. The van der Waals surface area contributed by atoms with Crippen molar-refractivity contribution < 1.29 is 0 Å². The van der Waals surface area contributed by atoms with Crippen LogP contribution in [0.1, 0.15) is 97.2 Å². The second kappa shape index (κ2) is 17.0. The van der Waals surface area contributed by atoms with Crippen LogP contribution in [0.3, 0.4) is 0 Å². The zero-order chi connectivity index (χ0) is 51.9. The number of benzene rings is 9. The van der Waals surface area contributed by atoms with Gasteiger partial charge in [-0.2, -0.15) is 0 Å². The fourth-order valence-corrected chi connectivity index (χ4v) is 13.0. The van der Waals surface area contributed by atoms with Crippen molar-refractivity contribution in [3.8, 4) is 27.9 Å². The Morgan fingerprint density at radius 1 is 0.351 bits per heavy atom. The molecular formula is C70H68BN3. The number of para-hydroxylation sites is 3. The van der Waals surface area contributed by atoms with Crippen molar-refractivity contribution in [3.63, 3.8) is 0 Å². The van der Waals surface area contributed by atoms with E-state index >= 15 is 0 Å². The number of hydrogen-bond donors (Lipinski definition) is 0. The highest BCUT2D eigenvalue weighted by molar-refractivity contribution is 7.00. The molecule has 0 saturated carbocycles. The molecule has 4 heteroatoms. The molecule has 0 bridgehead atoms. The number of fused-ring (bicyclic) bond motifs is 7. The van der Waals surface area contributed by atoms with Crippen LogP contribution in [-0.2, 0) is 10.8 Å². The Morgan fingerprint density at radius 3 is 1.50 bits per heavy atom. The summed E-state index contributed by atoms with van der Waals surface area (Å²) < 4.78 is 2.55. The summed E-state index contributed by atoms with van der Waals surface area (Å²) in [5.41, 5.74) is 32.9. The lowest BCUT2D eigenvalue weighted by molar-refractivity contribution is 0.590. The van der Waals surface area contributed by atoms with E-state index < -0.39 is 0 Å². The van der Waals surface area contributed by atoms with Crippen LogP contribution >= 0.6 is 0 Å². The van der Waals surface area contributed by atoms with Crippen LogP contribution in [0.4, 0.5) is 34.1 Å². The van der Waals surface area contributed by atoms with Gasteiger partial charge in [-0.25, -0.2) is 0 Å². The van der Waals surface area contributed by atoms with Crippen molar-refractivity contribution >= 4 is 79.0 Å². The molecule has 0 unspecified atom stereocenters. The van der Waals surface area contributed by atoms with Gasteiger partial charge in [-0.3, -0.25) is 0 Å². The lowest BCUT2D eigenvalue weighted by Crippen LogP contribution is -2.61. The highest BCUT2D eigenvalue weighted by Crippen LogP contribution is 2.51. The third-order valence-corrected chi connectivity index (χ3v) is 16.7. The van der Waals surface area contributed by atoms with Gasteiger partial charge in [-0.15, -0.1) is 0 Å². The maximum Gasteiger partial charge on any atom is 0.252 e. The van der Waals surface area contributed by atoms with Crippen molar-refractivity contribution in [1.82, 2.24) is 4.57 Å². The predicted octanol–water partition coefficient (Wildman–Crippen LogP) is 17.3. The first-order valence-corrected chi connectivity index (χ1v) is 26.7. The van der Waals surface area contributed by atoms with E-state index in [1.807, 2.05) is 0 Å². The molecule has 0 N–H and O–H groups in total. The molecule has 0 radical (unpaired) electrons. The molecule has 0 fully saturated rings. The molecule has 0 spiro atoms. The van der Waals surface area contributed by atoms with Crippen molar-refractivity contribution in [2.45, 2.75) is 108 Å². The van der Waals surface area contributed by atoms with Crippen LogP contribution in [-0.4, -0.2) is 11.3 Å². The third kappa shape index (κ3) is 7.23. The van der Waals surface area contributed by atoms with E-state index in [1.54, 1.807) is 0 Å². The van der Waals surface area contributed by atoms with Gasteiger partial charge in [0.2, 0.25) is 0 Å². The van der Waals surface area contributed by atoms with Gasteiger partial charge in [-0.1, -0.05) is 157 Å². The molecule has 10 aromatic rings. The number of nitrogens with zero attached hydrogens (tertiary/aromatic N) is 3. The summed E-state index contributed by atoms with van der Waals surface area (Å²) in [4.78, 5) is 5.33. The Labute approximate surface area is 440 Å². The summed E-state index contributed by atoms with van der Waals surface area (Å²) in [5.74, 6) is 0. The molecule has 0 atom stereocenters. The van der Waals surface area contributed by atoms with E-state index in [1.165, 1.54) is 156 Å². The third-order valence-electron chi connectivity index (χ3n) is 16.7. The summed E-state index contributed by atoms with van der Waals surface area (Å²) in [6, 6.07) is 60.7. The highest BCUT2D eigenvalue weighted by atomic mass is 15.2. The minimum absolute atomic E-state index is 0.0448. The van der Waals surface area contributed by atoms with Gasteiger partial charge in [0, 0.05) is 33.5 Å². The summed E-state index contributed by atoms with van der Waals surface area (Å²) in [6.45, 7) is 32.5. The molecular weight excluding hydrogens is 894 g/mol. The summed E-state index contributed by atoms with van der Waals surface area (Å²) in [7, 11) is 0. The number of hydrogen-bond acceptors (Lipinski definition) is 2. The maximum absolute atomic E-state index is 2.67. The monoisotopic (exact) mass is 962 g/mol. The lowest BCUT2D eigenvalue weighted by atomic mass is 9.33. The Morgan fingerprint density at radius 2 is 0.865 bits per heavy atom. The molecule has 9 aromatic carbocycles. The molecule has 2 aliphatic rings. The zero-order valence-electron chi connectivity index (χ0n) is 45.9. The molecule has 74 heavy (non-hydrogen) atoms. The first-order chi connectivity index (χ1) is 35.3. The Hall–Kier alpha value is -7.56. The summed E-state index contributed by atoms with van der Waals surface area (Å²) >= 11 is 0. The van der Waals surface area contributed by atoms with Gasteiger partial charge in [0.05, 0.1) is 28.1 Å². The molecule has 366 valence electrons. The minimum Gasteiger partial charge on any atom is -0.311 e. The second-order valence-corrected chi connectivity index (χ2v) is 23.8. The smallest absolute Gasteiger partial charge is 0.252 e. The van der Waals surface area contributed by atoms with Gasteiger partial charge < -0.3 is 14.4 Å². The SMILES string of the molecule is Cc1ccccc1-c1cccc(-c2cc(C)c(N3c4ccc(C(C)(C)C)cc4B4c5cc6c7ccccc7n(-c7c(C)cccc7C)c6cc5N(c5c(C)cccc5C)c5cc(C(C)(C)C)cc3c54)c(C)c2)c1C. The topological polar surface area (TPSA) is 11.4 Å². The van der Waals surface area contributed by atoms with E-state index in [0.29, 0.717) is 0 Å². The second-order valence-electron chi connectivity index (χ2n) is 23.8. The Kier molecular flexibility index (Phi) is 10.9. The van der Waals surface area contributed by atoms with Crippen LogP contribution in [0.2, 0.25) is 0 Å². The van der Waals surface area contributed by atoms with Crippen LogP contribution in [0, 0.1) is 55.4 Å². The van der Waals surface area contributed by atoms with Gasteiger partial charge in [0.15, 0.2) is 0 Å². The first kappa shape index (κ1) is 47.4. The van der Waals surface area contributed by atoms with Crippen LogP contribution in [0.15, 0.2) is 158 Å². The zero-order valence-corrected chi connectivity index (χ0v) is 45.9. The van der Waals surface area contributed by atoms with E-state index in [4.69, 9.17) is 0 Å². The van der Waals surface area contributed by atoms with Crippen molar-refractivity contribution in [1.29, 1.82) is 0 Å². The molecule has 3 heterocycles. The van der Waals surface area contributed by atoms with Crippen LogP contribution < -0.4 is 26.2 Å². The first-order valence-electron chi connectivity index (χ1n) is 26.7. The van der Waals surface area contributed by atoms with Crippen LogP contribution in [0.5, 0.6) is 0 Å². The Balaban J connectivity index is 1.19. The van der Waals surface area contributed by atoms with Crippen molar-refractivity contribution in [2.75, 3.05) is 9.80 Å². The Bertz CT molecular complexity index is 3920. The molecule has 0 amide bonds. The van der Waals surface area contributed by atoms with E-state index in [9.17, 15) is 0 Å². The largest absolute Gasteiger partial charge is 0.311 e. The lowest BCUT2D eigenvalue weighted by Gasteiger charge is -2.46. The molecule has 3 nitrogen and oxygen atoms in total. The molecule has 0 saturated heterocycles. The van der Waals surface area contributed by atoms with E-state index in [-0.39, 0.29) is 17.5 Å². The fraction of sp³-hybridized carbons (Fsp3) is 0.229.